The molecular weight excluding hydrogens is 284 g/mol. The monoisotopic (exact) mass is 304 g/mol. The number of hydrogen-bond donors (Lipinski definition) is 2. The fourth-order valence-electron chi connectivity index (χ4n) is 1.35. The normalized spacial score (nSPS) is 11.2. The Morgan fingerprint density at radius 2 is 1.86 bits per heavy atom. The van der Waals surface area contributed by atoms with Crippen molar-refractivity contribution < 1.29 is 33.8 Å². The van der Waals surface area contributed by atoms with Crippen LogP contribution in [-0.2, 0) is 23.9 Å². The number of nitrogens with one attached hydrogen (secondary N) is 1. The van der Waals surface area contributed by atoms with Crippen LogP contribution in [0.25, 0.3) is 0 Å². The minimum absolute atomic E-state index is 0.110. The molecule has 0 saturated carbocycles. The summed E-state index contributed by atoms with van der Waals surface area (Å²) >= 11 is 0. The largest absolute Gasteiger partial charge is 0.480 e. The number of aliphatic carboxylic acids is 1. The van der Waals surface area contributed by atoms with E-state index in [4.69, 9.17) is 5.11 Å². The standard InChI is InChI=1S/C12H20N2O7/c1-4-21-10(16)7-14(2)12(19)13-8(11(17)18)5-6-9(15)20-3/h8H,4-7H2,1-3H3,(H,13,19)(H,17,18)/t8-/m1/s1. The molecule has 0 aliphatic heterocycles. The van der Waals surface area contributed by atoms with Crippen LogP contribution in [0.3, 0.4) is 0 Å². The molecule has 2 N–H and O–H groups in total. The first-order valence-corrected chi connectivity index (χ1v) is 6.28. The molecule has 0 heterocycles. The van der Waals surface area contributed by atoms with Crippen LogP contribution in [-0.4, -0.2) is 67.3 Å². The highest BCUT2D eigenvalue weighted by Gasteiger charge is 2.23. The third kappa shape index (κ3) is 7.75. The lowest BCUT2D eigenvalue weighted by Crippen LogP contribution is -2.48. The fraction of sp³-hybridized carbons (Fsp3) is 0.667. The number of carbonyl (C=O) groups is 4. The van der Waals surface area contributed by atoms with Crippen LogP contribution < -0.4 is 5.32 Å². The summed E-state index contributed by atoms with van der Waals surface area (Å²) < 4.78 is 9.07. The number of nitrogens with zero attached hydrogens (tertiary/aromatic N) is 1. The summed E-state index contributed by atoms with van der Waals surface area (Å²) in [6, 6.07) is -2.00. The highest BCUT2D eigenvalue weighted by Crippen LogP contribution is 2.01. The van der Waals surface area contributed by atoms with Crippen molar-refractivity contribution in [2.45, 2.75) is 25.8 Å². The smallest absolute Gasteiger partial charge is 0.326 e. The van der Waals surface area contributed by atoms with Crippen LogP contribution >= 0.6 is 0 Å². The lowest BCUT2D eigenvalue weighted by molar-refractivity contribution is -0.143. The first-order valence-electron chi connectivity index (χ1n) is 6.28. The molecule has 0 saturated heterocycles. The third-order valence-electron chi connectivity index (χ3n) is 2.48. The Morgan fingerprint density at radius 3 is 2.33 bits per heavy atom. The second kappa shape index (κ2) is 9.56. The Labute approximate surface area is 122 Å². The molecular formula is C12H20N2O7. The van der Waals surface area contributed by atoms with E-state index in [1.165, 1.54) is 14.2 Å². The van der Waals surface area contributed by atoms with E-state index < -0.39 is 30.0 Å². The summed E-state index contributed by atoms with van der Waals surface area (Å²) in [6.07, 6.45) is -0.254. The SMILES string of the molecule is CCOC(=O)CN(C)C(=O)N[C@H](CCC(=O)OC)C(=O)O. The summed E-state index contributed by atoms with van der Waals surface area (Å²) in [5.41, 5.74) is 0. The van der Waals surface area contributed by atoms with Gasteiger partial charge in [0.15, 0.2) is 0 Å². The topological polar surface area (TPSA) is 122 Å². The summed E-state index contributed by atoms with van der Waals surface area (Å²) in [4.78, 5) is 45.9. The van der Waals surface area contributed by atoms with Gasteiger partial charge in [-0.25, -0.2) is 9.59 Å². The maximum Gasteiger partial charge on any atom is 0.326 e. The molecule has 0 spiro atoms. The lowest BCUT2D eigenvalue weighted by Gasteiger charge is -2.20. The van der Waals surface area contributed by atoms with Crippen LogP contribution in [0.4, 0.5) is 4.79 Å². The van der Waals surface area contributed by atoms with Gasteiger partial charge < -0.3 is 24.8 Å². The minimum atomic E-state index is -1.28. The predicted molar refractivity (Wildman–Crippen MR) is 70.5 cm³/mol. The van der Waals surface area contributed by atoms with Crippen molar-refractivity contribution in [1.82, 2.24) is 10.2 Å². The number of carbonyl (C=O) groups excluding carboxylic acids is 3. The molecule has 0 fully saturated rings. The fourth-order valence-corrected chi connectivity index (χ4v) is 1.35. The molecule has 0 aliphatic carbocycles. The maximum absolute atomic E-state index is 11.7. The number of carboxylic acids is 1. The number of amides is 2. The van der Waals surface area contributed by atoms with Gasteiger partial charge in [-0.1, -0.05) is 0 Å². The Balaban J connectivity index is 4.42. The average Bonchev–Trinajstić information content (AvgIpc) is 2.42. The van der Waals surface area contributed by atoms with Gasteiger partial charge in [0.05, 0.1) is 13.7 Å². The average molecular weight is 304 g/mol. The zero-order valence-electron chi connectivity index (χ0n) is 12.2. The number of rotatable bonds is 8. The van der Waals surface area contributed by atoms with E-state index >= 15 is 0 Å². The van der Waals surface area contributed by atoms with Gasteiger partial charge in [0.2, 0.25) is 0 Å². The molecule has 0 radical (unpaired) electrons. The number of urea groups is 1. The minimum Gasteiger partial charge on any atom is -0.480 e. The first-order chi connectivity index (χ1) is 9.81. The zero-order valence-corrected chi connectivity index (χ0v) is 12.2. The molecule has 9 nitrogen and oxygen atoms in total. The highest BCUT2D eigenvalue weighted by molar-refractivity contribution is 5.85. The van der Waals surface area contributed by atoms with Gasteiger partial charge in [0, 0.05) is 13.5 Å². The summed E-state index contributed by atoms with van der Waals surface area (Å²) in [5.74, 6) is -2.45. The summed E-state index contributed by atoms with van der Waals surface area (Å²) in [7, 11) is 2.51. The maximum atomic E-state index is 11.7. The van der Waals surface area contributed by atoms with Gasteiger partial charge in [-0.05, 0) is 13.3 Å². The van der Waals surface area contributed by atoms with Crippen LogP contribution in [0.1, 0.15) is 19.8 Å². The summed E-state index contributed by atoms with van der Waals surface area (Å²) in [6.45, 7) is 1.51. The van der Waals surface area contributed by atoms with Crippen molar-refractivity contribution >= 4 is 23.9 Å². The van der Waals surface area contributed by atoms with Gasteiger partial charge in [-0.3, -0.25) is 9.59 Å². The molecule has 0 aromatic carbocycles. The first kappa shape index (κ1) is 18.7. The summed E-state index contributed by atoms with van der Waals surface area (Å²) in [5, 5.41) is 11.2. The van der Waals surface area contributed by atoms with Gasteiger partial charge >= 0.3 is 23.9 Å². The Bertz CT molecular complexity index is 397. The number of esters is 2. The van der Waals surface area contributed by atoms with E-state index in [9.17, 15) is 19.2 Å². The van der Waals surface area contributed by atoms with E-state index in [2.05, 4.69) is 14.8 Å². The number of ether oxygens (including phenoxy) is 2. The molecule has 120 valence electrons. The molecule has 0 aromatic rings. The van der Waals surface area contributed by atoms with Crippen molar-refractivity contribution in [2.75, 3.05) is 27.3 Å². The molecule has 0 aliphatic rings. The molecule has 1 atom stereocenters. The van der Waals surface area contributed by atoms with Crippen LogP contribution in [0.15, 0.2) is 0 Å². The van der Waals surface area contributed by atoms with Crippen molar-refractivity contribution in [2.24, 2.45) is 0 Å². The van der Waals surface area contributed by atoms with Crippen LogP contribution in [0.5, 0.6) is 0 Å². The Kier molecular flexibility index (Phi) is 8.51. The van der Waals surface area contributed by atoms with E-state index in [0.717, 1.165) is 4.90 Å². The molecule has 0 unspecified atom stereocenters. The van der Waals surface area contributed by atoms with Crippen molar-refractivity contribution in [1.29, 1.82) is 0 Å². The molecule has 21 heavy (non-hydrogen) atoms. The van der Waals surface area contributed by atoms with Crippen molar-refractivity contribution in [3.05, 3.63) is 0 Å². The van der Waals surface area contributed by atoms with Crippen molar-refractivity contribution in [3.8, 4) is 0 Å². The van der Waals surface area contributed by atoms with E-state index in [1.54, 1.807) is 6.92 Å². The molecule has 0 aromatic heterocycles. The second-order valence-electron chi connectivity index (χ2n) is 4.12. The number of carboxylic acid groups (broad SMARTS) is 1. The highest BCUT2D eigenvalue weighted by atomic mass is 16.5. The van der Waals surface area contributed by atoms with E-state index in [0.29, 0.717) is 0 Å². The predicted octanol–water partition coefficient (Wildman–Crippen LogP) is -0.403. The van der Waals surface area contributed by atoms with Gasteiger partial charge in [-0.2, -0.15) is 0 Å². The Morgan fingerprint density at radius 1 is 1.24 bits per heavy atom. The molecule has 2 amide bonds. The van der Waals surface area contributed by atoms with Gasteiger partial charge in [0.1, 0.15) is 12.6 Å². The number of likely N-dealkylation sites (N-methyl/N-ethyl adjacent to an activating group) is 1. The molecule has 0 bridgehead atoms. The van der Waals surface area contributed by atoms with E-state index in [-0.39, 0.29) is 26.0 Å². The third-order valence-corrected chi connectivity index (χ3v) is 2.48. The van der Waals surface area contributed by atoms with Crippen LogP contribution in [0.2, 0.25) is 0 Å². The molecule has 9 heteroatoms. The number of methoxy groups -OCH3 is 1. The number of hydrogen-bond acceptors (Lipinski definition) is 6. The molecule has 0 rings (SSSR count). The second-order valence-corrected chi connectivity index (χ2v) is 4.12. The Hall–Kier alpha value is -2.32. The van der Waals surface area contributed by atoms with Crippen LogP contribution in [0, 0.1) is 0 Å². The van der Waals surface area contributed by atoms with E-state index in [1.807, 2.05) is 0 Å². The quantitative estimate of drug-likeness (QED) is 0.585. The lowest BCUT2D eigenvalue weighted by atomic mass is 10.1. The van der Waals surface area contributed by atoms with Gasteiger partial charge in [-0.15, -0.1) is 0 Å². The van der Waals surface area contributed by atoms with Gasteiger partial charge in [0.25, 0.3) is 0 Å². The zero-order chi connectivity index (χ0) is 16.4. The van der Waals surface area contributed by atoms with Crippen molar-refractivity contribution in [3.63, 3.8) is 0 Å².